The maximum Gasteiger partial charge on any atom is 0.472 e. The van der Waals surface area contributed by atoms with Gasteiger partial charge in [-0.1, -0.05) is 323 Å². The number of aliphatic hydroxyl groups is 1. The molecule has 0 aliphatic rings. The Hall–Kier alpha value is -2.46. The fourth-order valence-corrected chi connectivity index (χ4v) is 12.9. The van der Waals surface area contributed by atoms with Crippen molar-refractivity contribution >= 4 is 39.5 Å². The molecule has 0 aliphatic heterocycles. The Kier molecular flexibility index (Phi) is 66.6. The number of unbranched alkanes of at least 4 members (excludes halogenated alkanes) is 41. The first-order chi connectivity index (χ1) is 46.4. The van der Waals surface area contributed by atoms with Crippen molar-refractivity contribution in [3.63, 3.8) is 0 Å². The van der Waals surface area contributed by atoms with Crippen LogP contribution in [0.25, 0.3) is 0 Å². The minimum absolute atomic E-state index is 0.101. The second-order valence-corrected chi connectivity index (χ2v) is 30.9. The van der Waals surface area contributed by atoms with E-state index >= 15 is 0 Å². The molecule has 17 nitrogen and oxygen atoms in total. The van der Waals surface area contributed by atoms with Crippen molar-refractivity contribution in [2.75, 3.05) is 39.6 Å². The van der Waals surface area contributed by atoms with Crippen molar-refractivity contribution in [3.05, 3.63) is 24.3 Å². The predicted molar refractivity (Wildman–Crippen MR) is 391 cm³/mol. The SMILES string of the molecule is CCCCCC/C=C\C=C/CCCCCCCC(=O)OC[C@H](COP(=O)(O)OC[C@@H](O)COP(=O)(O)OC[C@@H](COC(=O)CCCCCCCCC(C)C)OC(=O)CCCCCCCCCCC(C)C)OC(=O)CCCCCCCCCCCCCCCCCCCCCCC. The Morgan fingerprint density at radius 3 is 0.854 bits per heavy atom. The zero-order valence-electron chi connectivity index (χ0n) is 62.2. The normalized spacial score (nSPS) is 14.2. The van der Waals surface area contributed by atoms with Crippen molar-refractivity contribution in [3.8, 4) is 0 Å². The van der Waals surface area contributed by atoms with Crippen LogP contribution >= 0.6 is 15.6 Å². The third-order valence-electron chi connectivity index (χ3n) is 17.3. The lowest BCUT2D eigenvalue weighted by Crippen LogP contribution is -2.30. The van der Waals surface area contributed by atoms with Gasteiger partial charge < -0.3 is 33.8 Å². The van der Waals surface area contributed by atoms with Gasteiger partial charge in [-0.25, -0.2) is 9.13 Å². The summed E-state index contributed by atoms with van der Waals surface area (Å²) in [7, 11) is -9.92. The molecule has 3 N–H and O–H groups in total. The summed E-state index contributed by atoms with van der Waals surface area (Å²) in [5.41, 5.74) is 0. The van der Waals surface area contributed by atoms with Crippen molar-refractivity contribution in [1.29, 1.82) is 0 Å². The van der Waals surface area contributed by atoms with E-state index in [9.17, 15) is 43.2 Å². The van der Waals surface area contributed by atoms with Crippen molar-refractivity contribution in [1.82, 2.24) is 0 Å². The van der Waals surface area contributed by atoms with Crippen LogP contribution in [0.2, 0.25) is 0 Å². The highest BCUT2D eigenvalue weighted by Gasteiger charge is 2.30. The van der Waals surface area contributed by atoms with E-state index in [1.54, 1.807) is 0 Å². The van der Waals surface area contributed by atoms with E-state index in [1.165, 1.54) is 167 Å². The van der Waals surface area contributed by atoms with E-state index < -0.39 is 97.5 Å². The van der Waals surface area contributed by atoms with Gasteiger partial charge in [0.25, 0.3) is 0 Å². The van der Waals surface area contributed by atoms with Gasteiger partial charge in [0.1, 0.15) is 19.3 Å². The summed E-state index contributed by atoms with van der Waals surface area (Å²) in [5, 5.41) is 10.6. The molecule has 0 radical (unpaired) electrons. The van der Waals surface area contributed by atoms with Crippen LogP contribution in [-0.2, 0) is 65.4 Å². The number of rotatable bonds is 74. The summed E-state index contributed by atoms with van der Waals surface area (Å²) in [6.45, 7) is 9.40. The van der Waals surface area contributed by atoms with Crippen molar-refractivity contribution in [2.45, 2.75) is 394 Å². The molecule has 0 aromatic carbocycles. The number of hydrogen-bond acceptors (Lipinski definition) is 15. The number of carbonyl (C=O) groups is 4. The van der Waals surface area contributed by atoms with E-state index in [2.05, 4.69) is 65.8 Å². The lowest BCUT2D eigenvalue weighted by molar-refractivity contribution is -0.161. The second-order valence-electron chi connectivity index (χ2n) is 28.0. The average molecular weight is 1410 g/mol. The van der Waals surface area contributed by atoms with E-state index in [0.29, 0.717) is 37.5 Å². The van der Waals surface area contributed by atoms with Crippen molar-refractivity contribution in [2.24, 2.45) is 11.8 Å². The minimum Gasteiger partial charge on any atom is -0.462 e. The minimum atomic E-state index is -4.97. The molecule has 2 unspecified atom stereocenters. The van der Waals surface area contributed by atoms with Gasteiger partial charge >= 0.3 is 39.5 Å². The fraction of sp³-hybridized carbons (Fsp3) is 0.896. The topological polar surface area (TPSA) is 237 Å². The van der Waals surface area contributed by atoms with Gasteiger partial charge in [-0.3, -0.25) is 37.3 Å². The monoisotopic (exact) mass is 1410 g/mol. The molecule has 0 saturated carbocycles. The van der Waals surface area contributed by atoms with Crippen LogP contribution in [0, 0.1) is 11.8 Å². The van der Waals surface area contributed by atoms with E-state index in [0.717, 1.165) is 116 Å². The van der Waals surface area contributed by atoms with Crippen LogP contribution in [0.4, 0.5) is 0 Å². The fourth-order valence-electron chi connectivity index (χ4n) is 11.3. The van der Waals surface area contributed by atoms with E-state index in [1.807, 2.05) is 0 Å². The lowest BCUT2D eigenvalue weighted by atomic mass is 10.0. The van der Waals surface area contributed by atoms with Gasteiger partial charge in [-0.2, -0.15) is 0 Å². The number of phosphoric ester groups is 2. The third-order valence-corrected chi connectivity index (χ3v) is 19.2. The first kappa shape index (κ1) is 93.5. The Morgan fingerprint density at radius 2 is 0.562 bits per heavy atom. The van der Waals surface area contributed by atoms with Gasteiger partial charge in [-0.05, 0) is 63.2 Å². The summed E-state index contributed by atoms with van der Waals surface area (Å²) in [4.78, 5) is 72.7. The molecule has 96 heavy (non-hydrogen) atoms. The van der Waals surface area contributed by atoms with Crippen LogP contribution in [0.1, 0.15) is 375 Å². The predicted octanol–water partition coefficient (Wildman–Crippen LogP) is 22.3. The summed E-state index contributed by atoms with van der Waals surface area (Å²) in [5.74, 6) is -0.757. The molecule has 566 valence electrons. The van der Waals surface area contributed by atoms with Gasteiger partial charge in [0.15, 0.2) is 12.2 Å². The quantitative estimate of drug-likeness (QED) is 0.0169. The van der Waals surface area contributed by atoms with Crippen LogP contribution < -0.4 is 0 Å². The first-order valence-electron chi connectivity index (χ1n) is 39.3. The van der Waals surface area contributed by atoms with Gasteiger partial charge in [0, 0.05) is 25.7 Å². The maximum absolute atomic E-state index is 13.1. The number of phosphoric acid groups is 2. The van der Waals surface area contributed by atoms with Crippen LogP contribution in [0.15, 0.2) is 24.3 Å². The summed E-state index contributed by atoms with van der Waals surface area (Å²) >= 11 is 0. The lowest BCUT2D eigenvalue weighted by Gasteiger charge is -2.21. The number of ether oxygens (including phenoxy) is 4. The molecule has 0 aromatic heterocycles. The smallest absolute Gasteiger partial charge is 0.462 e. The molecule has 0 aliphatic carbocycles. The average Bonchev–Trinajstić information content (AvgIpc) is 2.09. The Balaban J connectivity index is 5.23. The largest absolute Gasteiger partial charge is 0.472 e. The number of carbonyl (C=O) groups excluding carboxylic acids is 4. The zero-order valence-corrected chi connectivity index (χ0v) is 63.9. The van der Waals surface area contributed by atoms with Gasteiger partial charge in [-0.15, -0.1) is 0 Å². The molecule has 0 spiro atoms. The second kappa shape index (κ2) is 68.3. The molecular weight excluding hydrogens is 1260 g/mol. The zero-order chi connectivity index (χ0) is 70.7. The van der Waals surface area contributed by atoms with Gasteiger partial charge in [0.05, 0.1) is 26.4 Å². The molecular formula is C77H146O17P2. The molecule has 5 atom stereocenters. The Bertz CT molecular complexity index is 1950. The van der Waals surface area contributed by atoms with Crippen molar-refractivity contribution < 1.29 is 80.2 Å². The molecule has 19 heteroatoms. The number of allylic oxidation sites excluding steroid dienone is 4. The van der Waals surface area contributed by atoms with Crippen LogP contribution in [0.3, 0.4) is 0 Å². The maximum atomic E-state index is 13.1. The Morgan fingerprint density at radius 1 is 0.323 bits per heavy atom. The number of esters is 4. The summed E-state index contributed by atoms with van der Waals surface area (Å²) < 4.78 is 68.4. The Labute approximate surface area is 586 Å². The van der Waals surface area contributed by atoms with Crippen LogP contribution in [-0.4, -0.2) is 96.7 Å². The molecule has 0 heterocycles. The highest BCUT2D eigenvalue weighted by atomic mass is 31.2. The number of hydrogen-bond donors (Lipinski definition) is 3. The molecule has 0 fully saturated rings. The van der Waals surface area contributed by atoms with E-state index in [4.69, 9.17) is 37.0 Å². The highest BCUT2D eigenvalue weighted by molar-refractivity contribution is 7.47. The molecule has 0 amide bonds. The molecule has 0 aromatic rings. The van der Waals surface area contributed by atoms with Crippen LogP contribution in [0.5, 0.6) is 0 Å². The van der Waals surface area contributed by atoms with E-state index in [-0.39, 0.29) is 25.7 Å². The number of aliphatic hydroxyl groups excluding tert-OH is 1. The third kappa shape index (κ3) is 70.0. The highest BCUT2D eigenvalue weighted by Crippen LogP contribution is 2.45. The summed E-state index contributed by atoms with van der Waals surface area (Å²) in [6, 6.07) is 0. The standard InChI is InChI=1S/C77H146O17P2/c1-7-9-11-13-15-17-19-21-23-24-25-26-27-28-30-32-34-36-41-49-55-61-76(81)93-72(65-87-74(79)59-53-47-40-35-33-31-29-22-20-18-16-14-12-10-8-2)67-91-95(83,84)89-63-71(78)64-90-96(85,86)92-68-73(66-88-75(80)60-54-48-44-43-46-52-58-70(5)6)94-77(82)62-56-50-42-38-37-39-45-51-57-69(3)4/h18,20,22,29,69-73,78H,7-17,19,21,23-28,30-68H2,1-6H3,(H,83,84)(H,85,86)/b20-18-,29-22-/t71-,72-,73-/m1/s1. The summed E-state index contributed by atoms with van der Waals surface area (Å²) in [6.07, 6.45) is 59.5. The molecule has 0 rings (SSSR count). The molecule has 0 bridgehead atoms. The first-order valence-corrected chi connectivity index (χ1v) is 42.3. The van der Waals surface area contributed by atoms with Gasteiger partial charge in [0.2, 0.25) is 0 Å². The molecule has 0 saturated heterocycles.